The van der Waals surface area contributed by atoms with Gasteiger partial charge in [-0.1, -0.05) is 127 Å². The lowest BCUT2D eigenvalue weighted by Gasteiger charge is -2.48. The summed E-state index contributed by atoms with van der Waals surface area (Å²) in [5.41, 5.74) is 18.1. The second-order valence-corrected chi connectivity index (χ2v) is 44.6. The zero-order chi connectivity index (χ0) is 71.9. The summed E-state index contributed by atoms with van der Waals surface area (Å²) in [5, 5.41) is 18.6. The van der Waals surface area contributed by atoms with Gasteiger partial charge in [0.05, 0.1) is 51.7 Å². The SMILES string of the molecule is C.C.C.C.C.C.C.CC1CCC(C)(N2CCC(=O)CC2)CC1.CC1CCC(C)(N2CCC(N)CC2)CC1.CC1CCC(N(C)PP)CC1.CC1CCC(N)CC1.CC[N+]1(C)CCC(=O)CC1.CN(PP)C1CCC(O)CC1.CN(PP)C1CCC(O[Si](C)(C)C(C)(C)C)CC1.NC1CCC(O)CC1.[I-]. The second-order valence-electron chi connectivity index (χ2n) is 34.6. The van der Waals surface area contributed by atoms with Crippen molar-refractivity contribution >= 4 is 71.9 Å². The number of hydrogen-bond donors (Lipinski definition) is 5. The predicted octanol–water partition coefficient (Wildman–Crippen LogP) is 18.2. The lowest BCUT2D eigenvalue weighted by molar-refractivity contribution is -0.909. The van der Waals surface area contributed by atoms with Gasteiger partial charge in [0, 0.05) is 92.5 Å². The highest BCUT2D eigenvalue weighted by atomic mass is 127. The third-order valence-corrected chi connectivity index (χ3v) is 35.9. The monoisotopic (exact) mass is 1720 g/mol. The van der Waals surface area contributed by atoms with Crippen molar-refractivity contribution in [1.82, 2.24) is 23.8 Å². The predicted molar refractivity (Wildman–Crippen MR) is 484 cm³/mol. The Morgan fingerprint density at radius 1 is 0.481 bits per heavy atom. The Kier molecular flexibility index (Phi) is 68.6. The number of nitrogens with zero attached hydrogens (tertiary/aromatic N) is 6. The minimum Gasteiger partial charge on any atom is -1.00 e. The molecule has 10 rings (SSSR count). The van der Waals surface area contributed by atoms with Crippen molar-refractivity contribution in [2.24, 2.45) is 40.9 Å². The Bertz CT molecular complexity index is 1950. The molecule has 8 N–H and O–H groups in total. The van der Waals surface area contributed by atoms with Crippen LogP contribution in [-0.2, 0) is 14.0 Å². The van der Waals surface area contributed by atoms with Crippen LogP contribution in [0.2, 0.25) is 18.1 Å². The summed E-state index contributed by atoms with van der Waals surface area (Å²) in [5.74, 6) is 4.68. The van der Waals surface area contributed by atoms with E-state index in [1.165, 1.54) is 167 Å². The molecule has 0 spiro atoms. The minimum absolute atomic E-state index is 0. The average molecular weight is 1720 g/mol. The van der Waals surface area contributed by atoms with Crippen LogP contribution in [0.3, 0.4) is 0 Å². The van der Waals surface area contributed by atoms with Gasteiger partial charge in [-0.25, -0.2) is 0 Å². The van der Waals surface area contributed by atoms with Crippen molar-refractivity contribution in [1.29, 1.82) is 0 Å². The van der Waals surface area contributed by atoms with Gasteiger partial charge in [0.2, 0.25) is 0 Å². The van der Waals surface area contributed by atoms with E-state index >= 15 is 0 Å². The third-order valence-electron chi connectivity index (χ3n) is 25.3. The van der Waals surface area contributed by atoms with Crippen LogP contribution in [0.5, 0.6) is 0 Å². The van der Waals surface area contributed by atoms with Gasteiger partial charge in [-0.05, 0) is 302 Å². The molecule has 0 aromatic rings. The molecule has 3 saturated heterocycles. The summed E-state index contributed by atoms with van der Waals surface area (Å²) in [4.78, 5) is 27.4. The maximum Gasteiger partial charge on any atom is 0.192 e. The van der Waals surface area contributed by atoms with Crippen molar-refractivity contribution in [3.05, 3.63) is 0 Å². The van der Waals surface area contributed by atoms with Crippen LogP contribution >= 0.6 is 52.0 Å². The molecule has 0 aromatic heterocycles. The number of rotatable bonds is 11. The van der Waals surface area contributed by atoms with Crippen LogP contribution in [0.1, 0.15) is 340 Å². The molecule has 7 aliphatic carbocycles. The summed E-state index contributed by atoms with van der Waals surface area (Å²) >= 11 is 0. The highest BCUT2D eigenvalue weighted by Crippen LogP contribution is 2.43. The van der Waals surface area contributed by atoms with Gasteiger partial charge in [0.15, 0.2) is 8.32 Å². The lowest BCUT2D eigenvalue weighted by Crippen LogP contribution is -3.00. The number of nitrogens with two attached hydrogens (primary N) is 3. The number of ketones is 2. The van der Waals surface area contributed by atoms with E-state index in [1.807, 2.05) is 0 Å². The molecular formula is C82H188IN9O5P6Si. The summed E-state index contributed by atoms with van der Waals surface area (Å²) in [6, 6.07) is 3.72. The van der Waals surface area contributed by atoms with Gasteiger partial charge >= 0.3 is 0 Å². The minimum atomic E-state index is -1.57. The van der Waals surface area contributed by atoms with E-state index in [9.17, 15) is 14.7 Å². The first kappa shape index (κ1) is 117. The van der Waals surface area contributed by atoms with Gasteiger partial charge in [0.25, 0.3) is 0 Å². The number of quaternary nitrogens is 1. The van der Waals surface area contributed by atoms with Crippen LogP contribution in [0.25, 0.3) is 0 Å². The van der Waals surface area contributed by atoms with Crippen molar-refractivity contribution in [2.45, 2.75) is 423 Å². The number of aliphatic hydroxyl groups excluding tert-OH is 2. The van der Waals surface area contributed by atoms with Gasteiger partial charge in [-0.15, -0.1) is 0 Å². The summed E-state index contributed by atoms with van der Waals surface area (Å²) in [6.45, 7) is 35.9. The van der Waals surface area contributed by atoms with Gasteiger partial charge < -0.3 is 60.3 Å². The molecule has 10 aliphatic rings. The van der Waals surface area contributed by atoms with Gasteiger partial charge in [0.1, 0.15) is 11.6 Å². The number of aliphatic hydroxyl groups is 2. The molecule has 14 nitrogen and oxygen atoms in total. The highest BCUT2D eigenvalue weighted by Gasteiger charge is 2.41. The zero-order valence-corrected chi connectivity index (χ0v) is 75.3. The fourth-order valence-electron chi connectivity index (χ4n) is 15.4. The Hall–Kier alpha value is 2.39. The van der Waals surface area contributed by atoms with Crippen LogP contribution < -0.4 is 41.2 Å². The number of Topliss-reactive ketones (excluding diaryl/α,β-unsaturated/α-hetero) is 2. The number of halogens is 1. The number of likely N-dealkylation sites (tertiary alicyclic amines) is 3. The molecule has 22 heteroatoms. The van der Waals surface area contributed by atoms with Crippen LogP contribution in [-0.4, -0.2) is 198 Å². The highest BCUT2D eigenvalue weighted by molar-refractivity contribution is 8.02. The van der Waals surface area contributed by atoms with E-state index in [1.54, 1.807) is 0 Å². The van der Waals surface area contributed by atoms with Crippen molar-refractivity contribution in [3.8, 4) is 0 Å². The number of carbonyl (C=O) groups is 2. The third kappa shape index (κ3) is 46.2. The largest absolute Gasteiger partial charge is 1.00 e. The van der Waals surface area contributed by atoms with E-state index in [-0.39, 0.29) is 88.2 Å². The Balaban J connectivity index is -0.000000264. The maximum atomic E-state index is 11.2. The van der Waals surface area contributed by atoms with E-state index in [4.69, 9.17) is 26.7 Å². The molecule has 7 saturated carbocycles. The average Bonchev–Trinajstić information content (AvgIpc) is 0.820. The molecule has 3 aliphatic heterocycles. The van der Waals surface area contributed by atoms with Crippen LogP contribution in [0.4, 0.5) is 0 Å². The topological polar surface area (TPSA) is 178 Å². The molecule has 10 fully saturated rings. The van der Waals surface area contributed by atoms with Gasteiger partial charge in [-0.2, -0.15) is 0 Å². The summed E-state index contributed by atoms with van der Waals surface area (Å²) in [6.07, 6.45) is 41.1. The Labute approximate surface area is 681 Å². The first-order chi connectivity index (χ1) is 45.1. The molecule has 632 valence electrons. The molecule has 6 atom stereocenters. The van der Waals surface area contributed by atoms with Crippen LogP contribution in [0, 0.1) is 23.7 Å². The normalized spacial score (nSPS) is 31.9. The summed E-state index contributed by atoms with van der Waals surface area (Å²) < 4.78 is 14.9. The van der Waals surface area contributed by atoms with Crippen molar-refractivity contribution < 1.29 is 52.7 Å². The smallest absolute Gasteiger partial charge is 0.192 e. The van der Waals surface area contributed by atoms with E-state index in [2.05, 4.69) is 161 Å². The molecular weight excluding hydrogens is 1530 g/mol. The standard InChI is InChI=1S/C13H26N2.C13H31NOP2Si.C13H23NO.C8H16NO.C8H19NP2.C7H17NOP2.C7H15N.C6H13NO.7CH4.HI/c1-11-3-7-13(2,8-4-11)15-9-5-12(14)6-10-15;1-13(2,3)18(5,6)15-12-9-7-11(8-10-12)14(4)17-16;1-11-3-7-13(2,8-4-11)14-9-5-12(15)6-10-14;1-3-9(2)6-4-8(10)5-7-9;1-7-3-5-8(6-4-7)9(2)11-10;1-8(11-10)6-2-4-7(9)5-3-6;1-6-2-4-7(8)5-3-6;7-5-1-3-6(8)4-2-5;;;;;;;;/h11-12H,3-10,14H2,1-2H3;11-12,17H,7-10,16H2,1-6H3;11H,3-10H2,1-2H3;3-7H2,1-2H3;7-8,11H,3-6,10H2,1-2H3;6-7,9,11H,2-5,10H2,1H3;6-7H,2-5,8H2,1H3;5-6,8H,1-4,7H2;7*1H4;1H/q;;;+1;;;;;;;;;;;;/p-1. The molecule has 104 heavy (non-hydrogen) atoms. The molecule has 3 heterocycles. The van der Waals surface area contributed by atoms with Crippen molar-refractivity contribution in [2.75, 3.05) is 74.0 Å². The van der Waals surface area contributed by atoms with Crippen LogP contribution in [0.15, 0.2) is 0 Å². The quantitative estimate of drug-likeness (QED) is 0.0572. The van der Waals surface area contributed by atoms with E-state index in [0.29, 0.717) is 58.0 Å². The Morgan fingerprint density at radius 3 is 1.06 bits per heavy atom. The first-order valence-electron chi connectivity index (χ1n) is 39.3. The molecule has 6 unspecified atom stereocenters. The lowest BCUT2D eigenvalue weighted by atomic mass is 9.76. The molecule has 0 amide bonds. The van der Waals surface area contributed by atoms with E-state index in [0.717, 1.165) is 162 Å². The maximum absolute atomic E-state index is 11.2. The first-order valence-corrected chi connectivity index (χ1v) is 50.5. The molecule has 0 bridgehead atoms. The summed E-state index contributed by atoms with van der Waals surface area (Å²) in [7, 11) is 18.3. The van der Waals surface area contributed by atoms with E-state index < -0.39 is 8.32 Å². The number of carbonyl (C=O) groups excluding carboxylic acids is 2. The number of hydrogen-bond acceptors (Lipinski definition) is 13. The fourth-order valence-corrected chi connectivity index (χ4v) is 20.1. The van der Waals surface area contributed by atoms with Gasteiger partial charge in [-0.3, -0.25) is 33.4 Å². The molecule has 0 radical (unpaired) electrons. The zero-order valence-electron chi connectivity index (χ0n) is 65.6. The second kappa shape index (κ2) is 60.8. The van der Waals surface area contributed by atoms with Crippen molar-refractivity contribution in [3.63, 3.8) is 0 Å². The number of piperidine rings is 3. The Morgan fingerprint density at radius 2 is 0.750 bits per heavy atom. The molecule has 0 aromatic carbocycles. The fraction of sp³-hybridized carbons (Fsp3) is 0.976.